The van der Waals surface area contributed by atoms with Crippen molar-refractivity contribution in [1.82, 2.24) is 4.90 Å². The molecule has 0 aromatic carbocycles. The van der Waals surface area contributed by atoms with Gasteiger partial charge in [0.05, 0.1) is 11.5 Å². The van der Waals surface area contributed by atoms with Crippen LogP contribution in [0.2, 0.25) is 0 Å². The van der Waals surface area contributed by atoms with E-state index < -0.39 is 0 Å². The molecule has 100 valence electrons. The highest BCUT2D eigenvalue weighted by Crippen LogP contribution is 2.21. The first-order valence-electron chi connectivity index (χ1n) is 7.08. The number of nitrogens with zero attached hydrogens (tertiary/aromatic N) is 2. The molecular weight excluding hydrogens is 208 g/mol. The van der Waals surface area contributed by atoms with E-state index in [2.05, 4.69) is 31.7 Å². The van der Waals surface area contributed by atoms with Gasteiger partial charge in [0, 0.05) is 6.04 Å². The average molecular weight is 238 g/mol. The summed E-state index contributed by atoms with van der Waals surface area (Å²) in [6.45, 7) is 13.2. The van der Waals surface area contributed by atoms with Crippen LogP contribution in [0.1, 0.15) is 66.7 Å². The van der Waals surface area contributed by atoms with Crippen molar-refractivity contribution >= 4 is 0 Å². The van der Waals surface area contributed by atoms with Gasteiger partial charge in [-0.2, -0.15) is 5.26 Å². The molecule has 17 heavy (non-hydrogen) atoms. The third-order valence-corrected chi connectivity index (χ3v) is 3.33. The summed E-state index contributed by atoms with van der Waals surface area (Å²) in [5.74, 6) is 0. The van der Waals surface area contributed by atoms with Crippen LogP contribution in [0.5, 0.6) is 0 Å². The number of unbranched alkanes of at least 4 members (excludes halogenated alkanes) is 2. The Morgan fingerprint density at radius 2 is 1.71 bits per heavy atom. The molecule has 2 heteroatoms. The van der Waals surface area contributed by atoms with Gasteiger partial charge in [0.25, 0.3) is 0 Å². The molecule has 0 saturated carbocycles. The fourth-order valence-corrected chi connectivity index (χ4v) is 1.97. The lowest BCUT2D eigenvalue weighted by atomic mass is 9.90. The molecule has 2 nitrogen and oxygen atoms in total. The minimum Gasteiger partial charge on any atom is -0.301 e. The normalized spacial score (nSPS) is 12.1. The smallest absolute Gasteiger partial charge is 0.0683 e. The Morgan fingerprint density at radius 3 is 2.18 bits per heavy atom. The quantitative estimate of drug-likeness (QED) is 0.562. The largest absolute Gasteiger partial charge is 0.301 e. The Labute approximate surface area is 108 Å². The number of rotatable bonds is 9. The Morgan fingerprint density at radius 1 is 1.12 bits per heavy atom. The van der Waals surface area contributed by atoms with Gasteiger partial charge in [0.15, 0.2) is 0 Å². The Balaban J connectivity index is 3.90. The van der Waals surface area contributed by atoms with Crippen molar-refractivity contribution in [3.8, 4) is 6.07 Å². The first-order valence-corrected chi connectivity index (χ1v) is 7.08. The summed E-state index contributed by atoms with van der Waals surface area (Å²) in [6.07, 6.45) is 6.04. The monoisotopic (exact) mass is 238 g/mol. The standard InChI is InChI=1S/C15H30N2/c1-6-7-8-11-17(14(2)3)12-9-10-15(4,5)13-16/h14H,6-12H2,1-5H3. The molecule has 0 spiro atoms. The lowest BCUT2D eigenvalue weighted by Gasteiger charge is -2.27. The van der Waals surface area contributed by atoms with Gasteiger partial charge in [0.2, 0.25) is 0 Å². The second kappa shape index (κ2) is 8.53. The summed E-state index contributed by atoms with van der Waals surface area (Å²) in [5, 5.41) is 8.98. The maximum Gasteiger partial charge on any atom is 0.0683 e. The molecule has 0 aliphatic carbocycles. The lowest BCUT2D eigenvalue weighted by Crippen LogP contribution is -2.33. The Hall–Kier alpha value is -0.550. The van der Waals surface area contributed by atoms with Crippen molar-refractivity contribution in [2.24, 2.45) is 5.41 Å². The highest BCUT2D eigenvalue weighted by atomic mass is 15.1. The molecule has 0 unspecified atom stereocenters. The van der Waals surface area contributed by atoms with E-state index in [0.29, 0.717) is 6.04 Å². The third kappa shape index (κ3) is 8.21. The molecule has 0 aliphatic heterocycles. The molecule has 0 heterocycles. The summed E-state index contributed by atoms with van der Waals surface area (Å²) >= 11 is 0. The molecule has 0 aromatic heterocycles. The van der Waals surface area contributed by atoms with Crippen LogP contribution in [0.4, 0.5) is 0 Å². The molecular formula is C15H30N2. The Kier molecular flexibility index (Phi) is 8.25. The van der Waals surface area contributed by atoms with Crippen LogP contribution in [-0.4, -0.2) is 24.0 Å². The van der Waals surface area contributed by atoms with Gasteiger partial charge in [-0.3, -0.25) is 0 Å². The molecule has 0 rings (SSSR count). The zero-order chi connectivity index (χ0) is 13.3. The fourth-order valence-electron chi connectivity index (χ4n) is 1.97. The van der Waals surface area contributed by atoms with Gasteiger partial charge >= 0.3 is 0 Å². The number of hydrogen-bond acceptors (Lipinski definition) is 2. The highest BCUT2D eigenvalue weighted by Gasteiger charge is 2.17. The van der Waals surface area contributed by atoms with Gasteiger partial charge < -0.3 is 4.90 Å². The van der Waals surface area contributed by atoms with Gasteiger partial charge in [0.1, 0.15) is 0 Å². The van der Waals surface area contributed by atoms with Crippen molar-refractivity contribution in [2.75, 3.05) is 13.1 Å². The molecule has 0 atom stereocenters. The van der Waals surface area contributed by atoms with E-state index >= 15 is 0 Å². The maximum atomic E-state index is 8.98. The van der Waals surface area contributed by atoms with Crippen LogP contribution in [0.3, 0.4) is 0 Å². The second-order valence-corrected chi connectivity index (χ2v) is 5.94. The molecule has 0 amide bonds. The van der Waals surface area contributed by atoms with E-state index in [-0.39, 0.29) is 5.41 Å². The molecule has 0 aliphatic rings. The minimum atomic E-state index is -0.161. The molecule has 0 N–H and O–H groups in total. The van der Waals surface area contributed by atoms with E-state index in [9.17, 15) is 0 Å². The summed E-state index contributed by atoms with van der Waals surface area (Å²) in [4.78, 5) is 2.54. The summed E-state index contributed by atoms with van der Waals surface area (Å²) in [5.41, 5.74) is -0.161. The van der Waals surface area contributed by atoms with Gasteiger partial charge in [-0.15, -0.1) is 0 Å². The first kappa shape index (κ1) is 16.4. The van der Waals surface area contributed by atoms with Crippen LogP contribution in [0.15, 0.2) is 0 Å². The lowest BCUT2D eigenvalue weighted by molar-refractivity contribution is 0.205. The van der Waals surface area contributed by atoms with Crippen molar-refractivity contribution in [1.29, 1.82) is 5.26 Å². The van der Waals surface area contributed by atoms with Gasteiger partial charge in [-0.05, 0) is 60.0 Å². The molecule has 0 bridgehead atoms. The van der Waals surface area contributed by atoms with E-state index in [1.165, 1.54) is 25.8 Å². The highest BCUT2D eigenvalue weighted by molar-refractivity contribution is 4.91. The topological polar surface area (TPSA) is 27.0 Å². The average Bonchev–Trinajstić information content (AvgIpc) is 2.27. The molecule has 0 aromatic rings. The van der Waals surface area contributed by atoms with E-state index in [0.717, 1.165) is 19.4 Å². The van der Waals surface area contributed by atoms with E-state index in [4.69, 9.17) is 5.26 Å². The second-order valence-electron chi connectivity index (χ2n) is 5.94. The summed E-state index contributed by atoms with van der Waals surface area (Å²) in [6, 6.07) is 3.00. The van der Waals surface area contributed by atoms with Crippen molar-refractivity contribution in [2.45, 2.75) is 72.8 Å². The summed E-state index contributed by atoms with van der Waals surface area (Å²) in [7, 11) is 0. The molecule has 0 fully saturated rings. The van der Waals surface area contributed by atoms with Gasteiger partial charge in [-0.1, -0.05) is 19.8 Å². The fraction of sp³-hybridized carbons (Fsp3) is 0.933. The van der Waals surface area contributed by atoms with Crippen LogP contribution in [0, 0.1) is 16.7 Å². The predicted molar refractivity (Wildman–Crippen MR) is 74.9 cm³/mol. The predicted octanol–water partition coefficient (Wildman–Crippen LogP) is 4.22. The van der Waals surface area contributed by atoms with Crippen molar-refractivity contribution in [3.63, 3.8) is 0 Å². The van der Waals surface area contributed by atoms with Crippen molar-refractivity contribution < 1.29 is 0 Å². The minimum absolute atomic E-state index is 0.161. The van der Waals surface area contributed by atoms with Crippen LogP contribution in [-0.2, 0) is 0 Å². The molecule has 0 radical (unpaired) electrons. The maximum absolute atomic E-state index is 8.98. The third-order valence-electron chi connectivity index (χ3n) is 3.33. The van der Waals surface area contributed by atoms with Gasteiger partial charge in [-0.25, -0.2) is 0 Å². The van der Waals surface area contributed by atoms with E-state index in [1.807, 2.05) is 13.8 Å². The zero-order valence-electron chi connectivity index (χ0n) is 12.4. The van der Waals surface area contributed by atoms with Crippen LogP contribution >= 0.6 is 0 Å². The Bertz CT molecular complexity index is 226. The zero-order valence-corrected chi connectivity index (χ0v) is 12.4. The number of hydrogen-bond donors (Lipinski definition) is 0. The van der Waals surface area contributed by atoms with Crippen LogP contribution < -0.4 is 0 Å². The SMILES string of the molecule is CCCCCN(CCCC(C)(C)C#N)C(C)C. The molecule has 0 saturated heterocycles. The number of nitriles is 1. The summed E-state index contributed by atoms with van der Waals surface area (Å²) < 4.78 is 0. The first-order chi connectivity index (χ1) is 7.93. The van der Waals surface area contributed by atoms with Crippen molar-refractivity contribution in [3.05, 3.63) is 0 Å². The van der Waals surface area contributed by atoms with Crippen LogP contribution in [0.25, 0.3) is 0 Å². The van der Waals surface area contributed by atoms with E-state index in [1.54, 1.807) is 0 Å².